The Balaban J connectivity index is 1.49. The monoisotopic (exact) mass is 426 g/mol. The lowest BCUT2D eigenvalue weighted by Crippen LogP contribution is -2.54. The normalized spacial score (nSPS) is 26.5. The van der Waals surface area contributed by atoms with Crippen LogP contribution >= 0.6 is 0 Å². The summed E-state index contributed by atoms with van der Waals surface area (Å²) in [7, 11) is 0. The SMILES string of the molecule is CC1=CCN2C(=C1)c1ccccc1[C@@]21N[C@]2(C=C(C)C(c3ccccc3)=C2)c2ccccc21. The Morgan fingerprint density at radius 2 is 1.45 bits per heavy atom. The van der Waals surface area contributed by atoms with E-state index in [2.05, 4.69) is 127 Å². The first-order valence-electron chi connectivity index (χ1n) is 11.8. The first-order chi connectivity index (χ1) is 16.1. The van der Waals surface area contributed by atoms with Crippen LogP contribution in [0, 0.1) is 0 Å². The van der Waals surface area contributed by atoms with Gasteiger partial charge >= 0.3 is 0 Å². The Kier molecular flexibility index (Phi) is 3.70. The molecule has 3 heterocycles. The number of hydrogen-bond acceptors (Lipinski definition) is 2. The van der Waals surface area contributed by atoms with Crippen LogP contribution in [-0.4, -0.2) is 11.4 Å². The van der Waals surface area contributed by atoms with Crippen LogP contribution in [0.25, 0.3) is 11.3 Å². The fraction of sp³-hybridized carbons (Fsp3) is 0.161. The quantitative estimate of drug-likeness (QED) is 0.488. The highest BCUT2D eigenvalue weighted by molar-refractivity contribution is 5.86. The molecule has 0 amide bonds. The van der Waals surface area contributed by atoms with Gasteiger partial charge in [-0.15, -0.1) is 0 Å². The molecule has 33 heavy (non-hydrogen) atoms. The largest absolute Gasteiger partial charge is 0.341 e. The second-order valence-electron chi connectivity index (χ2n) is 9.64. The van der Waals surface area contributed by atoms with Crippen molar-refractivity contribution in [3.05, 3.63) is 142 Å². The van der Waals surface area contributed by atoms with Crippen LogP contribution in [0.4, 0.5) is 0 Å². The summed E-state index contributed by atoms with van der Waals surface area (Å²) in [5, 5.41) is 4.21. The van der Waals surface area contributed by atoms with Gasteiger partial charge in [0.25, 0.3) is 0 Å². The van der Waals surface area contributed by atoms with Crippen molar-refractivity contribution in [2.45, 2.75) is 25.0 Å². The number of allylic oxidation sites excluding steroid dienone is 4. The molecule has 2 spiro atoms. The average Bonchev–Trinajstić information content (AvgIpc) is 3.43. The molecule has 0 saturated heterocycles. The van der Waals surface area contributed by atoms with E-state index in [0.717, 1.165) is 6.54 Å². The Morgan fingerprint density at radius 1 is 0.758 bits per heavy atom. The molecule has 160 valence electrons. The van der Waals surface area contributed by atoms with Crippen molar-refractivity contribution in [2.24, 2.45) is 0 Å². The maximum atomic E-state index is 4.21. The van der Waals surface area contributed by atoms with Crippen molar-refractivity contribution in [1.82, 2.24) is 10.2 Å². The Morgan fingerprint density at radius 3 is 2.27 bits per heavy atom. The molecular formula is C31H26N2. The van der Waals surface area contributed by atoms with Crippen LogP contribution in [0.3, 0.4) is 0 Å². The van der Waals surface area contributed by atoms with E-state index >= 15 is 0 Å². The molecule has 3 aromatic rings. The number of nitrogens with zero attached hydrogens (tertiary/aromatic N) is 1. The molecule has 7 rings (SSSR count). The van der Waals surface area contributed by atoms with Gasteiger partial charge in [0.2, 0.25) is 0 Å². The third-order valence-electron chi connectivity index (χ3n) is 7.72. The van der Waals surface area contributed by atoms with Gasteiger partial charge in [-0.05, 0) is 48.3 Å². The van der Waals surface area contributed by atoms with E-state index < -0.39 is 5.66 Å². The van der Waals surface area contributed by atoms with E-state index in [1.54, 1.807) is 0 Å². The van der Waals surface area contributed by atoms with Gasteiger partial charge in [0, 0.05) is 28.9 Å². The number of fused-ring (bicyclic) bond motifs is 8. The fourth-order valence-electron chi connectivity index (χ4n) is 6.37. The lowest BCUT2D eigenvalue weighted by atomic mass is 9.88. The van der Waals surface area contributed by atoms with Gasteiger partial charge in [0.1, 0.15) is 5.66 Å². The number of benzene rings is 3. The van der Waals surface area contributed by atoms with E-state index in [1.165, 1.54) is 50.2 Å². The lowest BCUT2D eigenvalue weighted by molar-refractivity contribution is 0.181. The van der Waals surface area contributed by atoms with Gasteiger partial charge in [0.15, 0.2) is 0 Å². The predicted octanol–water partition coefficient (Wildman–Crippen LogP) is 6.35. The number of hydrogen-bond donors (Lipinski definition) is 1. The standard InChI is InChI=1S/C31H26N2/c1-21-16-17-33-29(18-21)24-12-6-7-13-26(24)31(33)28-15-9-8-14-27(28)30(32-31)19-22(2)25(20-30)23-10-4-3-5-11-23/h3-16,18-20,32H,17H2,1-2H3/t30-,31+/m0/s1. The van der Waals surface area contributed by atoms with Crippen LogP contribution < -0.4 is 5.32 Å². The van der Waals surface area contributed by atoms with E-state index in [-0.39, 0.29) is 5.54 Å². The van der Waals surface area contributed by atoms with Gasteiger partial charge in [-0.3, -0.25) is 5.32 Å². The van der Waals surface area contributed by atoms with Crippen LogP contribution in [0.5, 0.6) is 0 Å². The number of rotatable bonds is 1. The number of nitrogens with one attached hydrogen (secondary N) is 1. The van der Waals surface area contributed by atoms with Crippen molar-refractivity contribution in [3.63, 3.8) is 0 Å². The molecule has 0 bridgehead atoms. The third-order valence-corrected chi connectivity index (χ3v) is 7.72. The summed E-state index contributed by atoms with van der Waals surface area (Å²) in [5.41, 5.74) is 11.2. The maximum Gasteiger partial charge on any atom is 0.146 e. The van der Waals surface area contributed by atoms with Crippen molar-refractivity contribution in [1.29, 1.82) is 0 Å². The van der Waals surface area contributed by atoms with Gasteiger partial charge in [-0.1, -0.05) is 96.6 Å². The Hall–Kier alpha value is -3.62. The van der Waals surface area contributed by atoms with Crippen LogP contribution in [0.2, 0.25) is 0 Å². The topological polar surface area (TPSA) is 15.3 Å². The molecule has 0 radical (unpaired) electrons. The van der Waals surface area contributed by atoms with Gasteiger partial charge in [-0.2, -0.15) is 0 Å². The summed E-state index contributed by atoms with van der Waals surface area (Å²) < 4.78 is 0. The lowest BCUT2D eigenvalue weighted by Gasteiger charge is -2.41. The molecule has 0 aromatic heterocycles. The molecule has 0 unspecified atom stereocenters. The molecule has 1 N–H and O–H groups in total. The Bertz CT molecular complexity index is 1440. The second-order valence-corrected chi connectivity index (χ2v) is 9.64. The van der Waals surface area contributed by atoms with E-state index in [0.29, 0.717) is 0 Å². The van der Waals surface area contributed by atoms with Crippen LogP contribution in [0.1, 0.15) is 41.7 Å². The van der Waals surface area contributed by atoms with Crippen molar-refractivity contribution < 1.29 is 0 Å². The minimum absolute atomic E-state index is 0.343. The first kappa shape index (κ1) is 18.9. The molecule has 0 saturated carbocycles. The Labute approximate surface area is 195 Å². The fourth-order valence-corrected chi connectivity index (χ4v) is 6.37. The van der Waals surface area contributed by atoms with Gasteiger partial charge in [-0.25, -0.2) is 0 Å². The zero-order valence-corrected chi connectivity index (χ0v) is 19.0. The van der Waals surface area contributed by atoms with Crippen molar-refractivity contribution in [3.8, 4) is 0 Å². The third kappa shape index (κ3) is 2.37. The van der Waals surface area contributed by atoms with Crippen LogP contribution in [0.15, 0.2) is 114 Å². The summed E-state index contributed by atoms with van der Waals surface area (Å²) in [6, 6.07) is 28.7. The molecule has 0 fully saturated rings. The molecule has 2 atom stereocenters. The predicted molar refractivity (Wildman–Crippen MR) is 135 cm³/mol. The zero-order chi connectivity index (χ0) is 22.2. The molecule has 3 aromatic carbocycles. The molecule has 1 aliphatic carbocycles. The summed E-state index contributed by atoms with van der Waals surface area (Å²) >= 11 is 0. The summed E-state index contributed by atoms with van der Waals surface area (Å²) in [4.78, 5) is 2.57. The van der Waals surface area contributed by atoms with Gasteiger partial charge < -0.3 is 4.90 Å². The highest BCUT2D eigenvalue weighted by Gasteiger charge is 2.59. The van der Waals surface area contributed by atoms with E-state index in [1.807, 2.05) is 0 Å². The highest BCUT2D eigenvalue weighted by Crippen LogP contribution is 2.58. The van der Waals surface area contributed by atoms with Crippen molar-refractivity contribution >= 4 is 11.3 Å². The summed E-state index contributed by atoms with van der Waals surface area (Å²) in [6.45, 7) is 5.33. The van der Waals surface area contributed by atoms with E-state index in [9.17, 15) is 0 Å². The smallest absolute Gasteiger partial charge is 0.146 e. The second kappa shape index (κ2) is 6.46. The molecule has 2 nitrogen and oxygen atoms in total. The first-order valence-corrected chi connectivity index (χ1v) is 11.8. The minimum Gasteiger partial charge on any atom is -0.341 e. The minimum atomic E-state index is -0.393. The average molecular weight is 427 g/mol. The zero-order valence-electron chi connectivity index (χ0n) is 19.0. The van der Waals surface area contributed by atoms with Crippen molar-refractivity contribution in [2.75, 3.05) is 6.54 Å². The molecule has 4 aliphatic rings. The highest BCUT2D eigenvalue weighted by atomic mass is 15.4. The van der Waals surface area contributed by atoms with E-state index in [4.69, 9.17) is 0 Å². The summed E-state index contributed by atoms with van der Waals surface area (Å²) in [5.74, 6) is 0. The van der Waals surface area contributed by atoms with Gasteiger partial charge in [0.05, 0.1) is 5.54 Å². The maximum absolute atomic E-state index is 4.21. The molecule has 3 aliphatic heterocycles. The molecular weight excluding hydrogens is 400 g/mol. The molecule has 2 heteroatoms. The summed E-state index contributed by atoms with van der Waals surface area (Å²) in [6.07, 6.45) is 9.56. The van der Waals surface area contributed by atoms with Crippen LogP contribution in [-0.2, 0) is 11.2 Å².